The summed E-state index contributed by atoms with van der Waals surface area (Å²) in [6.45, 7) is 3.19. The highest BCUT2D eigenvalue weighted by Gasteiger charge is 2.31. The van der Waals surface area contributed by atoms with Gasteiger partial charge in [-0.15, -0.1) is 0 Å². The molecule has 6 rings (SSSR count). The number of carbonyl (C=O) groups is 1. The lowest BCUT2D eigenvalue weighted by atomic mass is 10.1. The fraction of sp³-hybridized carbons (Fsp3) is 0.308. The molecule has 11 nitrogen and oxygen atoms in total. The zero-order chi connectivity index (χ0) is 27.3. The lowest BCUT2D eigenvalue weighted by Crippen LogP contribution is -2.37. The van der Waals surface area contributed by atoms with Gasteiger partial charge in [-0.25, -0.2) is 23.5 Å². The van der Waals surface area contributed by atoms with Gasteiger partial charge in [0.1, 0.15) is 0 Å². The van der Waals surface area contributed by atoms with Crippen molar-refractivity contribution in [1.29, 1.82) is 0 Å². The van der Waals surface area contributed by atoms with E-state index in [1.54, 1.807) is 23.0 Å². The standard InChI is InChI=1S/C26H25F2N7O4/c1-32-4-5-34(26(32)38)20-12-17(33-6-8-39-9-7-33)14-35-24(20)31-21(22(36)25(35)37)23-29-13-16(30-23)10-15-2-3-18(27)19(28)11-15/h2-3,11-14,36H,4-10H2,1H3,(H,29,30). The van der Waals surface area contributed by atoms with Gasteiger partial charge in [0.05, 0.1) is 24.6 Å². The first-order valence-electron chi connectivity index (χ1n) is 12.4. The second-order valence-corrected chi connectivity index (χ2v) is 9.53. The molecular formula is C26H25F2N7O4. The number of aromatic amines is 1. The molecule has 5 heterocycles. The second kappa shape index (κ2) is 9.66. The number of likely N-dealkylation sites (N-methyl/N-ethyl adjacent to an activating group) is 1. The maximum Gasteiger partial charge on any atom is 0.324 e. The molecule has 0 atom stereocenters. The summed E-state index contributed by atoms with van der Waals surface area (Å²) in [5.74, 6) is -2.39. The van der Waals surface area contributed by atoms with Crippen LogP contribution in [0.25, 0.3) is 17.2 Å². The van der Waals surface area contributed by atoms with Gasteiger partial charge in [-0.05, 0) is 23.8 Å². The molecule has 2 aliphatic heterocycles. The second-order valence-electron chi connectivity index (χ2n) is 9.53. The Hall–Kier alpha value is -4.52. The number of benzene rings is 1. The molecule has 2 saturated heterocycles. The molecule has 1 aromatic carbocycles. The van der Waals surface area contributed by atoms with Crippen LogP contribution < -0.4 is 15.4 Å². The number of fused-ring (bicyclic) bond motifs is 1. The number of anilines is 2. The summed E-state index contributed by atoms with van der Waals surface area (Å²) in [5.41, 5.74) is 1.56. The predicted octanol–water partition coefficient (Wildman–Crippen LogP) is 2.37. The fourth-order valence-corrected chi connectivity index (χ4v) is 4.87. The molecular weight excluding hydrogens is 512 g/mol. The van der Waals surface area contributed by atoms with Crippen molar-refractivity contribution < 1.29 is 23.4 Å². The van der Waals surface area contributed by atoms with E-state index in [4.69, 9.17) is 4.74 Å². The van der Waals surface area contributed by atoms with Gasteiger partial charge < -0.3 is 24.6 Å². The number of hydrogen-bond acceptors (Lipinski definition) is 7. The van der Waals surface area contributed by atoms with Crippen molar-refractivity contribution in [1.82, 2.24) is 24.3 Å². The van der Waals surface area contributed by atoms with Crippen LogP contribution in [0.1, 0.15) is 11.3 Å². The average Bonchev–Trinajstić information content (AvgIpc) is 3.54. The van der Waals surface area contributed by atoms with Crippen molar-refractivity contribution >= 4 is 23.1 Å². The molecule has 4 aromatic rings. The molecule has 2 amide bonds. The zero-order valence-corrected chi connectivity index (χ0v) is 21.0. The van der Waals surface area contributed by atoms with Crippen LogP contribution in [0.15, 0.2) is 41.5 Å². The van der Waals surface area contributed by atoms with E-state index in [1.807, 2.05) is 11.0 Å². The number of imidazole rings is 1. The number of urea groups is 1. The number of hydrogen-bond donors (Lipinski definition) is 2. The van der Waals surface area contributed by atoms with Gasteiger partial charge in [0, 0.05) is 57.7 Å². The van der Waals surface area contributed by atoms with Gasteiger partial charge in [-0.3, -0.25) is 14.1 Å². The van der Waals surface area contributed by atoms with Crippen LogP contribution in [-0.4, -0.2) is 81.8 Å². The van der Waals surface area contributed by atoms with Crippen LogP contribution in [-0.2, 0) is 11.2 Å². The highest BCUT2D eigenvalue weighted by Crippen LogP contribution is 2.32. The first-order valence-corrected chi connectivity index (χ1v) is 12.4. The lowest BCUT2D eigenvalue weighted by molar-refractivity contribution is 0.122. The number of aromatic nitrogens is 4. The van der Waals surface area contributed by atoms with Crippen LogP contribution in [0.3, 0.4) is 0 Å². The monoisotopic (exact) mass is 537 g/mol. The molecule has 0 aliphatic carbocycles. The number of aromatic hydroxyl groups is 1. The molecule has 0 radical (unpaired) electrons. The molecule has 2 aliphatic rings. The Labute approximate surface area is 220 Å². The van der Waals surface area contributed by atoms with Gasteiger partial charge in [-0.2, -0.15) is 0 Å². The Morgan fingerprint density at radius 3 is 2.59 bits per heavy atom. The number of nitrogens with zero attached hydrogens (tertiary/aromatic N) is 6. The molecule has 2 fully saturated rings. The number of rotatable bonds is 5. The Bertz CT molecular complexity index is 1650. The molecule has 0 spiro atoms. The zero-order valence-electron chi connectivity index (χ0n) is 21.0. The minimum Gasteiger partial charge on any atom is -0.501 e. The Balaban J connectivity index is 1.45. The van der Waals surface area contributed by atoms with Crippen molar-refractivity contribution in [3.05, 3.63) is 69.9 Å². The minimum atomic E-state index is -0.958. The predicted molar refractivity (Wildman–Crippen MR) is 138 cm³/mol. The quantitative estimate of drug-likeness (QED) is 0.401. The van der Waals surface area contributed by atoms with Gasteiger partial charge in [0.25, 0.3) is 0 Å². The molecule has 202 valence electrons. The Morgan fingerprint density at radius 1 is 1.08 bits per heavy atom. The molecule has 2 N–H and O–H groups in total. The third-order valence-corrected chi connectivity index (χ3v) is 6.98. The van der Waals surface area contributed by atoms with Crippen molar-refractivity contribution in [3.63, 3.8) is 0 Å². The number of pyridine rings is 1. The molecule has 0 saturated carbocycles. The molecule has 13 heteroatoms. The van der Waals surface area contributed by atoms with E-state index in [2.05, 4.69) is 15.0 Å². The van der Waals surface area contributed by atoms with E-state index in [9.17, 15) is 23.5 Å². The van der Waals surface area contributed by atoms with Gasteiger partial charge in [-0.1, -0.05) is 6.07 Å². The Morgan fingerprint density at radius 2 is 1.87 bits per heavy atom. The third kappa shape index (κ3) is 4.44. The summed E-state index contributed by atoms with van der Waals surface area (Å²) in [7, 11) is 1.70. The van der Waals surface area contributed by atoms with Gasteiger partial charge >= 0.3 is 11.6 Å². The van der Waals surface area contributed by atoms with Crippen LogP contribution in [0.4, 0.5) is 25.0 Å². The molecule has 0 unspecified atom stereocenters. The molecule has 0 bridgehead atoms. The van der Waals surface area contributed by atoms with Crippen LogP contribution in [0, 0.1) is 11.6 Å². The van der Waals surface area contributed by atoms with E-state index < -0.39 is 22.9 Å². The number of halogens is 2. The van der Waals surface area contributed by atoms with Gasteiger partial charge in [0.15, 0.2) is 28.8 Å². The van der Waals surface area contributed by atoms with Gasteiger partial charge in [0.2, 0.25) is 5.75 Å². The molecule has 39 heavy (non-hydrogen) atoms. The largest absolute Gasteiger partial charge is 0.501 e. The van der Waals surface area contributed by atoms with E-state index in [0.29, 0.717) is 62.0 Å². The number of ether oxygens (including phenoxy) is 1. The topological polar surface area (TPSA) is 119 Å². The highest BCUT2D eigenvalue weighted by atomic mass is 19.2. The summed E-state index contributed by atoms with van der Waals surface area (Å²) in [4.78, 5) is 43.4. The number of H-pyrrole nitrogens is 1. The van der Waals surface area contributed by atoms with Crippen LogP contribution in [0.5, 0.6) is 5.75 Å². The first kappa shape index (κ1) is 24.8. The smallest absolute Gasteiger partial charge is 0.324 e. The lowest BCUT2D eigenvalue weighted by Gasteiger charge is -2.30. The molecule has 3 aromatic heterocycles. The highest BCUT2D eigenvalue weighted by molar-refractivity contribution is 5.98. The average molecular weight is 538 g/mol. The normalized spacial score (nSPS) is 16.1. The maximum absolute atomic E-state index is 13.6. The fourth-order valence-electron chi connectivity index (χ4n) is 4.87. The van der Waals surface area contributed by atoms with Crippen molar-refractivity contribution in [3.8, 4) is 17.3 Å². The van der Waals surface area contributed by atoms with Crippen molar-refractivity contribution in [2.75, 3.05) is 56.2 Å². The van der Waals surface area contributed by atoms with E-state index in [0.717, 1.165) is 12.1 Å². The number of nitrogens with one attached hydrogen (secondary N) is 1. The SMILES string of the molecule is CN1CCN(c2cc(N3CCOCC3)cn3c(=O)c(O)c(-c4ncc(Cc5ccc(F)c(F)c5)[nH]4)nc23)C1=O. The minimum absolute atomic E-state index is 0.0862. The van der Waals surface area contributed by atoms with Crippen molar-refractivity contribution in [2.24, 2.45) is 0 Å². The summed E-state index contributed by atoms with van der Waals surface area (Å²) in [5, 5.41) is 10.9. The Kier molecular flexibility index (Phi) is 6.14. The third-order valence-electron chi connectivity index (χ3n) is 6.98. The summed E-state index contributed by atoms with van der Waals surface area (Å²) < 4.78 is 33.6. The van der Waals surface area contributed by atoms with Crippen LogP contribution in [0.2, 0.25) is 0 Å². The van der Waals surface area contributed by atoms with Crippen LogP contribution >= 0.6 is 0 Å². The van der Waals surface area contributed by atoms with E-state index in [1.165, 1.54) is 16.7 Å². The summed E-state index contributed by atoms with van der Waals surface area (Å²) in [6, 6.07) is 5.19. The number of carbonyl (C=O) groups excluding carboxylic acids is 1. The number of morpholine rings is 1. The van der Waals surface area contributed by atoms with Crippen molar-refractivity contribution in [2.45, 2.75) is 6.42 Å². The van der Waals surface area contributed by atoms with E-state index in [-0.39, 0.29) is 29.6 Å². The van der Waals surface area contributed by atoms with E-state index >= 15 is 0 Å². The summed E-state index contributed by atoms with van der Waals surface area (Å²) in [6.07, 6.45) is 3.28. The first-order chi connectivity index (χ1) is 18.8. The summed E-state index contributed by atoms with van der Waals surface area (Å²) >= 11 is 0. The maximum atomic E-state index is 13.6. The number of amides is 2.